The molecule has 3 aromatic rings. The first-order chi connectivity index (χ1) is 15.7. The number of nitrogens with one attached hydrogen (secondary N) is 1. The first-order valence-electron chi connectivity index (χ1n) is 10.5. The number of para-hydroxylation sites is 2. The van der Waals surface area contributed by atoms with Crippen molar-refractivity contribution < 1.29 is 14.6 Å². The third kappa shape index (κ3) is 5.14. The van der Waals surface area contributed by atoms with Gasteiger partial charge in [0.2, 0.25) is 0 Å². The van der Waals surface area contributed by atoms with Gasteiger partial charge in [-0.3, -0.25) is 14.5 Å². The van der Waals surface area contributed by atoms with Gasteiger partial charge in [0, 0.05) is 11.5 Å². The van der Waals surface area contributed by atoms with Crippen molar-refractivity contribution >= 4 is 52.9 Å². The van der Waals surface area contributed by atoms with E-state index in [1.807, 2.05) is 68.4 Å². The molecule has 0 aliphatic carbocycles. The number of benzene rings is 2. The van der Waals surface area contributed by atoms with Crippen LogP contribution in [-0.2, 0) is 4.79 Å². The summed E-state index contributed by atoms with van der Waals surface area (Å²) in [5.41, 5.74) is -0.205. The fourth-order valence-electron chi connectivity index (χ4n) is 4.44. The van der Waals surface area contributed by atoms with Gasteiger partial charge in [-0.15, -0.1) is 0 Å². The number of carboxylic acids is 1. The monoisotopic (exact) mass is 504 g/mol. The summed E-state index contributed by atoms with van der Waals surface area (Å²) in [5, 5.41) is 11.3. The summed E-state index contributed by atoms with van der Waals surface area (Å²) in [6, 6.07) is 17.9. The van der Waals surface area contributed by atoms with E-state index in [4.69, 9.17) is 32.9 Å². The van der Waals surface area contributed by atoms with E-state index in [0.29, 0.717) is 22.7 Å². The summed E-state index contributed by atoms with van der Waals surface area (Å²) >= 11 is 16.2. The number of aliphatic carboxylic acids is 1. The van der Waals surface area contributed by atoms with Crippen molar-refractivity contribution in [2.75, 3.05) is 0 Å². The minimum Gasteiger partial charge on any atom is -0.481 e. The molecule has 33 heavy (non-hydrogen) atoms. The SMILES string of the molecule is CC(C)C(C(=O)O)(C(C)C=C(Cl)Cl)C(NS)c1cc(Oc2ccccc2)c2ccccc2n1. The van der Waals surface area contributed by atoms with Gasteiger partial charge in [-0.05, 0) is 36.1 Å². The molecule has 0 amide bonds. The zero-order valence-corrected chi connectivity index (χ0v) is 20.9. The molecular formula is C25H26Cl2N2O3S. The Morgan fingerprint density at radius 2 is 1.76 bits per heavy atom. The molecule has 8 heteroatoms. The van der Waals surface area contributed by atoms with Crippen molar-refractivity contribution in [2.45, 2.75) is 26.8 Å². The highest BCUT2D eigenvalue weighted by Gasteiger charge is 2.53. The second-order valence-corrected chi connectivity index (χ2v) is 9.44. The molecule has 3 unspecified atom stereocenters. The molecule has 0 spiro atoms. The number of hydrogen-bond donors (Lipinski definition) is 3. The molecule has 2 aromatic carbocycles. The van der Waals surface area contributed by atoms with E-state index in [1.54, 1.807) is 13.0 Å². The third-order valence-corrected chi connectivity index (χ3v) is 6.54. The number of fused-ring (bicyclic) bond motifs is 1. The largest absolute Gasteiger partial charge is 0.481 e. The second-order valence-electron chi connectivity index (χ2n) is 8.18. The predicted molar refractivity (Wildman–Crippen MR) is 137 cm³/mol. The number of pyridine rings is 1. The van der Waals surface area contributed by atoms with Crippen molar-refractivity contribution in [3.05, 3.63) is 76.9 Å². The van der Waals surface area contributed by atoms with Crippen LogP contribution < -0.4 is 9.46 Å². The Kier molecular flexibility index (Phi) is 8.29. The van der Waals surface area contributed by atoms with Crippen LogP contribution >= 0.6 is 36.0 Å². The maximum atomic E-state index is 12.9. The number of aromatic nitrogens is 1. The molecule has 2 N–H and O–H groups in total. The van der Waals surface area contributed by atoms with E-state index in [2.05, 4.69) is 17.5 Å². The summed E-state index contributed by atoms with van der Waals surface area (Å²) in [7, 11) is 0. The lowest BCUT2D eigenvalue weighted by atomic mass is 9.62. The van der Waals surface area contributed by atoms with Gasteiger partial charge in [0.15, 0.2) is 0 Å². The fourth-order valence-corrected chi connectivity index (χ4v) is 5.17. The average Bonchev–Trinajstić information content (AvgIpc) is 2.76. The number of hydrogen-bond acceptors (Lipinski definition) is 5. The maximum absolute atomic E-state index is 12.9. The minimum atomic E-state index is -1.36. The van der Waals surface area contributed by atoms with Crippen molar-refractivity contribution in [2.24, 2.45) is 17.3 Å². The fraction of sp³-hybridized carbons (Fsp3) is 0.280. The highest BCUT2D eigenvalue weighted by atomic mass is 35.5. The molecule has 0 bridgehead atoms. The number of allylic oxidation sites excluding steroid dienone is 1. The predicted octanol–water partition coefficient (Wildman–Crippen LogP) is 7.18. The van der Waals surface area contributed by atoms with Crippen LogP contribution in [0.2, 0.25) is 0 Å². The molecule has 0 saturated carbocycles. The Morgan fingerprint density at radius 1 is 1.12 bits per heavy atom. The number of carboxylic acid groups (broad SMARTS) is 1. The van der Waals surface area contributed by atoms with Crippen LogP contribution in [0.3, 0.4) is 0 Å². The third-order valence-electron chi connectivity index (χ3n) is 6.03. The van der Waals surface area contributed by atoms with Gasteiger partial charge in [-0.2, -0.15) is 0 Å². The zero-order chi connectivity index (χ0) is 24.2. The highest BCUT2D eigenvalue weighted by Crippen LogP contribution is 2.49. The molecule has 5 nitrogen and oxygen atoms in total. The van der Waals surface area contributed by atoms with Gasteiger partial charge in [-0.25, -0.2) is 0 Å². The van der Waals surface area contributed by atoms with Crippen LogP contribution in [0.25, 0.3) is 10.9 Å². The van der Waals surface area contributed by atoms with Crippen LogP contribution in [0.5, 0.6) is 11.5 Å². The lowest BCUT2D eigenvalue weighted by molar-refractivity contribution is -0.157. The average molecular weight is 505 g/mol. The van der Waals surface area contributed by atoms with Crippen LogP contribution in [0.4, 0.5) is 0 Å². The highest BCUT2D eigenvalue weighted by molar-refractivity contribution is 7.78. The van der Waals surface area contributed by atoms with Crippen LogP contribution in [0.15, 0.2) is 71.2 Å². The molecule has 1 heterocycles. The van der Waals surface area contributed by atoms with Gasteiger partial charge in [0.05, 0.1) is 22.7 Å². The lowest BCUT2D eigenvalue weighted by Crippen LogP contribution is -2.50. The first kappa shape index (κ1) is 25.4. The van der Waals surface area contributed by atoms with Gasteiger partial charge in [0.1, 0.15) is 16.0 Å². The number of thiol groups is 1. The topological polar surface area (TPSA) is 71.5 Å². The summed E-state index contributed by atoms with van der Waals surface area (Å²) in [5.74, 6) is -0.657. The van der Waals surface area contributed by atoms with Crippen molar-refractivity contribution in [3.63, 3.8) is 0 Å². The summed E-state index contributed by atoms with van der Waals surface area (Å²) in [6.07, 6.45) is 1.54. The molecule has 3 atom stereocenters. The lowest BCUT2D eigenvalue weighted by Gasteiger charge is -2.43. The molecule has 174 valence electrons. The number of halogens is 2. The molecule has 0 fully saturated rings. The van der Waals surface area contributed by atoms with E-state index in [-0.39, 0.29) is 10.4 Å². The molecular weight excluding hydrogens is 479 g/mol. The number of rotatable bonds is 9. The number of nitrogens with zero attached hydrogens (tertiary/aromatic N) is 1. The molecule has 0 saturated heterocycles. The normalized spacial score (nSPS) is 15.0. The Bertz CT molecular complexity index is 1150. The van der Waals surface area contributed by atoms with E-state index in [0.717, 1.165) is 5.39 Å². The molecule has 0 radical (unpaired) electrons. The first-order valence-corrected chi connectivity index (χ1v) is 11.7. The molecule has 0 aliphatic heterocycles. The summed E-state index contributed by atoms with van der Waals surface area (Å²) in [4.78, 5) is 17.7. The summed E-state index contributed by atoms with van der Waals surface area (Å²) < 4.78 is 9.11. The van der Waals surface area contributed by atoms with Crippen LogP contribution in [0, 0.1) is 17.3 Å². The van der Waals surface area contributed by atoms with Gasteiger partial charge < -0.3 is 9.84 Å². The Morgan fingerprint density at radius 3 is 2.33 bits per heavy atom. The second kappa shape index (κ2) is 10.8. The van der Waals surface area contributed by atoms with Crippen LogP contribution in [0.1, 0.15) is 32.5 Å². The van der Waals surface area contributed by atoms with E-state index in [1.165, 1.54) is 6.08 Å². The Labute approximate surface area is 209 Å². The maximum Gasteiger partial charge on any atom is 0.312 e. The van der Waals surface area contributed by atoms with Crippen LogP contribution in [-0.4, -0.2) is 16.1 Å². The molecule has 1 aromatic heterocycles. The van der Waals surface area contributed by atoms with Gasteiger partial charge in [-0.1, -0.05) is 93.2 Å². The van der Waals surface area contributed by atoms with Crippen molar-refractivity contribution in [1.29, 1.82) is 0 Å². The van der Waals surface area contributed by atoms with Crippen molar-refractivity contribution in [3.8, 4) is 11.5 Å². The standard InChI is InChI=1S/C25H26Cl2N2O3S/c1-15(2)25(24(30)31,16(3)13-22(26)27)23(29-33)20-14-21(32-17-9-5-4-6-10-17)18-11-7-8-12-19(18)28-20/h4-16,23,29,33H,1-3H3,(H,30,31). The Hall–Kier alpha value is -2.25. The number of carbonyl (C=O) groups is 1. The molecule has 0 aliphatic rings. The van der Waals surface area contributed by atoms with Gasteiger partial charge in [0.25, 0.3) is 0 Å². The summed E-state index contributed by atoms with van der Waals surface area (Å²) in [6.45, 7) is 5.47. The minimum absolute atomic E-state index is 0.00580. The van der Waals surface area contributed by atoms with E-state index in [9.17, 15) is 9.90 Å². The van der Waals surface area contributed by atoms with Crippen molar-refractivity contribution in [1.82, 2.24) is 9.71 Å². The Balaban J connectivity index is 2.25. The smallest absolute Gasteiger partial charge is 0.312 e. The quantitative estimate of drug-likeness (QED) is 0.269. The molecule has 3 rings (SSSR count). The van der Waals surface area contributed by atoms with E-state index < -0.39 is 23.3 Å². The van der Waals surface area contributed by atoms with Gasteiger partial charge >= 0.3 is 5.97 Å². The number of ether oxygens (including phenoxy) is 1. The zero-order valence-electron chi connectivity index (χ0n) is 18.5. The van der Waals surface area contributed by atoms with E-state index >= 15 is 0 Å².